The molecule has 0 bridgehead atoms. The maximum Gasteiger partial charge on any atom is 0.169 e. The topological polar surface area (TPSA) is 17.1 Å². The summed E-state index contributed by atoms with van der Waals surface area (Å²) in [6.07, 6.45) is 2.80. The fourth-order valence-electron chi connectivity index (χ4n) is 1.90. The van der Waals surface area contributed by atoms with Gasteiger partial charge in [0.25, 0.3) is 0 Å². The van der Waals surface area contributed by atoms with Crippen LogP contribution in [0.2, 0.25) is 0 Å². The van der Waals surface area contributed by atoms with Gasteiger partial charge >= 0.3 is 0 Å². The van der Waals surface area contributed by atoms with Crippen molar-refractivity contribution in [3.05, 3.63) is 40.3 Å². The Labute approximate surface area is 101 Å². The van der Waals surface area contributed by atoms with Gasteiger partial charge in [-0.1, -0.05) is 35.5 Å². The van der Waals surface area contributed by atoms with Gasteiger partial charge in [-0.15, -0.1) is 0 Å². The number of aryl methyl sites for hydroxylation is 1. The summed E-state index contributed by atoms with van der Waals surface area (Å²) in [6.45, 7) is 4.17. The number of hydrogen-bond acceptors (Lipinski definition) is 2. The Balaban J connectivity index is 2.27. The minimum absolute atomic E-state index is 0.317. The van der Waals surface area contributed by atoms with Crippen molar-refractivity contribution in [3.8, 4) is 0 Å². The molecule has 0 saturated carbocycles. The average molecular weight is 232 g/mol. The van der Waals surface area contributed by atoms with Gasteiger partial charge < -0.3 is 0 Å². The number of allylic oxidation sites excluding steroid dienone is 2. The van der Waals surface area contributed by atoms with Crippen LogP contribution in [0.1, 0.15) is 31.7 Å². The Hall–Kier alpha value is -1.02. The molecule has 2 rings (SSSR count). The van der Waals surface area contributed by atoms with Crippen molar-refractivity contribution >= 4 is 17.5 Å². The zero-order valence-electron chi connectivity index (χ0n) is 9.75. The minimum atomic E-state index is 0.317. The van der Waals surface area contributed by atoms with E-state index in [9.17, 15) is 4.79 Å². The Kier molecular flexibility index (Phi) is 3.49. The molecule has 1 nitrogen and oxygen atoms in total. The van der Waals surface area contributed by atoms with Gasteiger partial charge in [0, 0.05) is 11.3 Å². The van der Waals surface area contributed by atoms with Crippen molar-refractivity contribution in [1.29, 1.82) is 0 Å². The second kappa shape index (κ2) is 4.88. The quantitative estimate of drug-likeness (QED) is 0.763. The number of thioether (sulfide) groups is 1. The Morgan fingerprint density at radius 1 is 1.12 bits per heavy atom. The molecule has 84 valence electrons. The summed E-state index contributed by atoms with van der Waals surface area (Å²) in [7, 11) is 0. The zero-order chi connectivity index (χ0) is 11.5. The van der Waals surface area contributed by atoms with Crippen molar-refractivity contribution in [2.24, 2.45) is 0 Å². The average Bonchev–Trinajstić information content (AvgIpc) is 2.26. The predicted molar refractivity (Wildman–Crippen MR) is 68.6 cm³/mol. The van der Waals surface area contributed by atoms with Crippen molar-refractivity contribution in [2.75, 3.05) is 0 Å². The number of Topliss-reactive ketones (excluding diaryl/α,β-unsaturated/α-hetero) is 1. The van der Waals surface area contributed by atoms with Crippen molar-refractivity contribution in [1.82, 2.24) is 0 Å². The van der Waals surface area contributed by atoms with Crippen LogP contribution in [-0.4, -0.2) is 5.78 Å². The molecule has 0 unspecified atom stereocenters. The molecular weight excluding hydrogens is 216 g/mol. The third kappa shape index (κ3) is 2.38. The number of carbonyl (C=O) groups is 1. The molecule has 1 aromatic carbocycles. The molecule has 1 aromatic rings. The van der Waals surface area contributed by atoms with E-state index in [1.807, 2.05) is 12.1 Å². The van der Waals surface area contributed by atoms with Gasteiger partial charge in [0.15, 0.2) is 5.78 Å². The second-order valence-corrected chi connectivity index (χ2v) is 5.31. The van der Waals surface area contributed by atoms with Gasteiger partial charge in [0.2, 0.25) is 0 Å². The SMILES string of the molecule is CC1=C(Sc2ccccc2C)C(=O)CCC1. The maximum atomic E-state index is 11.8. The minimum Gasteiger partial charge on any atom is -0.294 e. The first-order valence-corrected chi connectivity index (χ1v) is 6.46. The molecule has 0 aromatic heterocycles. The molecule has 2 heteroatoms. The summed E-state index contributed by atoms with van der Waals surface area (Å²) in [5.41, 5.74) is 2.50. The van der Waals surface area contributed by atoms with E-state index in [1.165, 1.54) is 16.0 Å². The normalized spacial score (nSPS) is 16.8. The van der Waals surface area contributed by atoms with Crippen LogP contribution in [0.15, 0.2) is 39.6 Å². The van der Waals surface area contributed by atoms with E-state index in [1.54, 1.807) is 11.8 Å². The summed E-state index contributed by atoms with van der Waals surface area (Å²) in [4.78, 5) is 14.0. The molecule has 0 saturated heterocycles. The number of hydrogen-bond donors (Lipinski definition) is 0. The molecule has 0 radical (unpaired) electrons. The summed E-state index contributed by atoms with van der Waals surface area (Å²) in [5, 5.41) is 0. The first-order valence-electron chi connectivity index (χ1n) is 5.65. The lowest BCUT2D eigenvalue weighted by atomic mass is 10.00. The third-order valence-corrected chi connectivity index (χ3v) is 4.36. The van der Waals surface area contributed by atoms with E-state index in [0.29, 0.717) is 12.2 Å². The molecule has 0 heterocycles. The predicted octanol–water partition coefficient (Wildman–Crippen LogP) is 4.11. The molecule has 0 spiro atoms. The molecule has 16 heavy (non-hydrogen) atoms. The third-order valence-electron chi connectivity index (χ3n) is 2.90. The largest absolute Gasteiger partial charge is 0.294 e. The summed E-state index contributed by atoms with van der Waals surface area (Å²) < 4.78 is 0. The number of carbonyl (C=O) groups excluding carboxylic acids is 1. The Morgan fingerprint density at radius 3 is 2.56 bits per heavy atom. The summed E-state index contributed by atoms with van der Waals surface area (Å²) in [5.74, 6) is 0.317. The van der Waals surface area contributed by atoms with Gasteiger partial charge in [0.05, 0.1) is 4.91 Å². The van der Waals surface area contributed by atoms with Crippen molar-refractivity contribution in [2.45, 2.75) is 38.0 Å². The van der Waals surface area contributed by atoms with E-state index in [0.717, 1.165) is 17.7 Å². The lowest BCUT2D eigenvalue weighted by Crippen LogP contribution is -2.07. The highest BCUT2D eigenvalue weighted by Crippen LogP contribution is 2.36. The Bertz CT molecular complexity index is 446. The summed E-state index contributed by atoms with van der Waals surface area (Å²) in [6, 6.07) is 8.23. The van der Waals surface area contributed by atoms with Crippen LogP contribution < -0.4 is 0 Å². The van der Waals surface area contributed by atoms with Crippen LogP contribution in [0, 0.1) is 6.92 Å². The molecule has 1 aliphatic carbocycles. The van der Waals surface area contributed by atoms with E-state index in [4.69, 9.17) is 0 Å². The molecule has 0 N–H and O–H groups in total. The van der Waals surface area contributed by atoms with Crippen molar-refractivity contribution in [3.63, 3.8) is 0 Å². The van der Waals surface area contributed by atoms with Gasteiger partial charge in [-0.05, 0) is 38.3 Å². The number of rotatable bonds is 2. The van der Waals surface area contributed by atoms with Crippen LogP contribution in [-0.2, 0) is 4.79 Å². The molecule has 0 fully saturated rings. The lowest BCUT2D eigenvalue weighted by molar-refractivity contribution is -0.115. The fraction of sp³-hybridized carbons (Fsp3) is 0.357. The zero-order valence-corrected chi connectivity index (χ0v) is 10.6. The smallest absolute Gasteiger partial charge is 0.169 e. The summed E-state index contributed by atoms with van der Waals surface area (Å²) >= 11 is 1.64. The van der Waals surface area contributed by atoms with Gasteiger partial charge in [-0.25, -0.2) is 0 Å². The molecule has 0 atom stereocenters. The standard InChI is InChI=1S/C14H16OS/c1-10-6-3-4-9-13(10)16-14-11(2)7-5-8-12(14)15/h3-4,6,9H,5,7-8H2,1-2H3. The van der Waals surface area contributed by atoms with Crippen LogP contribution in [0.5, 0.6) is 0 Å². The maximum absolute atomic E-state index is 11.8. The van der Waals surface area contributed by atoms with Crippen LogP contribution in [0.25, 0.3) is 0 Å². The highest BCUT2D eigenvalue weighted by atomic mass is 32.2. The first-order chi connectivity index (χ1) is 7.68. The highest BCUT2D eigenvalue weighted by Gasteiger charge is 2.19. The van der Waals surface area contributed by atoms with E-state index < -0.39 is 0 Å². The van der Waals surface area contributed by atoms with Gasteiger partial charge in [0.1, 0.15) is 0 Å². The van der Waals surface area contributed by atoms with Crippen LogP contribution >= 0.6 is 11.8 Å². The van der Waals surface area contributed by atoms with E-state index >= 15 is 0 Å². The first kappa shape index (κ1) is 11.5. The Morgan fingerprint density at radius 2 is 1.88 bits per heavy atom. The molecule has 0 amide bonds. The van der Waals surface area contributed by atoms with Crippen LogP contribution in [0.3, 0.4) is 0 Å². The molecular formula is C14H16OS. The second-order valence-electron chi connectivity index (χ2n) is 4.25. The van der Waals surface area contributed by atoms with Crippen LogP contribution in [0.4, 0.5) is 0 Å². The number of ketones is 1. The van der Waals surface area contributed by atoms with Crippen molar-refractivity contribution < 1.29 is 4.79 Å². The molecule has 0 aliphatic heterocycles. The lowest BCUT2D eigenvalue weighted by Gasteiger charge is -2.16. The highest BCUT2D eigenvalue weighted by molar-refractivity contribution is 8.04. The van der Waals surface area contributed by atoms with Gasteiger partial charge in [-0.2, -0.15) is 0 Å². The van der Waals surface area contributed by atoms with E-state index in [2.05, 4.69) is 26.0 Å². The van der Waals surface area contributed by atoms with E-state index in [-0.39, 0.29) is 0 Å². The molecule has 1 aliphatic rings. The van der Waals surface area contributed by atoms with Gasteiger partial charge in [-0.3, -0.25) is 4.79 Å². The fourth-order valence-corrected chi connectivity index (χ4v) is 2.99. The monoisotopic (exact) mass is 232 g/mol. The number of benzene rings is 1.